The molecule has 1 aliphatic carbocycles. The summed E-state index contributed by atoms with van der Waals surface area (Å²) in [7, 11) is 2.00. The van der Waals surface area contributed by atoms with E-state index in [1.54, 1.807) is 0 Å². The molecule has 3 atom stereocenters. The minimum absolute atomic E-state index is 0.0745. The fraction of sp³-hybridized carbons (Fsp3) is 1.00. The van der Waals surface area contributed by atoms with E-state index in [-0.39, 0.29) is 11.6 Å². The first-order valence-electron chi connectivity index (χ1n) is 4.34. The minimum Gasteiger partial charge on any atom is -0.393 e. The van der Waals surface area contributed by atoms with Crippen molar-refractivity contribution >= 4 is 0 Å². The van der Waals surface area contributed by atoms with Crippen molar-refractivity contribution in [3.05, 3.63) is 0 Å². The van der Waals surface area contributed by atoms with Crippen LogP contribution in [-0.4, -0.2) is 36.9 Å². The molecule has 1 saturated carbocycles. The summed E-state index contributed by atoms with van der Waals surface area (Å²) in [5.74, 6) is 0.641. The maximum atomic E-state index is 9.46. The molecule has 0 amide bonds. The highest BCUT2D eigenvalue weighted by atomic mass is 16.3. The van der Waals surface area contributed by atoms with Gasteiger partial charge in [0.05, 0.1) is 6.10 Å². The second-order valence-electron chi connectivity index (χ2n) is 3.83. The van der Waals surface area contributed by atoms with Gasteiger partial charge in [-0.05, 0) is 32.4 Å². The molecule has 64 valence electrons. The average molecular weight is 156 g/mol. The number of aliphatic hydroxyl groups excluding tert-OH is 1. The van der Waals surface area contributed by atoms with Crippen LogP contribution in [0.15, 0.2) is 0 Å². The zero-order chi connectivity index (χ0) is 7.90. The normalized spacial score (nSPS) is 49.6. The molecule has 2 fully saturated rings. The topological polar surface area (TPSA) is 44.3 Å². The van der Waals surface area contributed by atoms with Crippen LogP contribution in [-0.2, 0) is 0 Å². The van der Waals surface area contributed by atoms with Crippen molar-refractivity contribution in [2.24, 2.45) is 5.92 Å². The van der Waals surface area contributed by atoms with Crippen molar-refractivity contribution in [1.29, 1.82) is 0 Å². The predicted molar refractivity (Wildman–Crippen MR) is 43.4 cm³/mol. The van der Waals surface area contributed by atoms with Gasteiger partial charge >= 0.3 is 0 Å². The largest absolute Gasteiger partial charge is 0.393 e. The van der Waals surface area contributed by atoms with Gasteiger partial charge in [-0.2, -0.15) is 0 Å². The lowest BCUT2D eigenvalue weighted by Crippen LogP contribution is -2.47. The second-order valence-corrected chi connectivity index (χ2v) is 3.83. The standard InChI is InChI=1S/C8H16N2O/c1-9-8-3-7(11)2-6(8)4-10-5-8/h6-7,9-11H,2-5H2,1H3. The maximum absolute atomic E-state index is 9.46. The van der Waals surface area contributed by atoms with Crippen LogP contribution in [0.4, 0.5) is 0 Å². The second kappa shape index (κ2) is 2.44. The molecule has 1 aliphatic heterocycles. The lowest BCUT2D eigenvalue weighted by Gasteiger charge is -2.27. The van der Waals surface area contributed by atoms with E-state index in [2.05, 4.69) is 10.6 Å². The molecule has 0 radical (unpaired) electrons. The summed E-state index contributed by atoms with van der Waals surface area (Å²) in [5, 5.41) is 16.2. The number of hydrogen-bond acceptors (Lipinski definition) is 3. The van der Waals surface area contributed by atoms with Crippen LogP contribution in [0, 0.1) is 5.92 Å². The molecule has 2 rings (SSSR count). The molecule has 2 aliphatic rings. The van der Waals surface area contributed by atoms with Gasteiger partial charge in [-0.1, -0.05) is 0 Å². The third kappa shape index (κ3) is 0.991. The van der Waals surface area contributed by atoms with E-state index in [9.17, 15) is 5.11 Å². The molecule has 3 N–H and O–H groups in total. The van der Waals surface area contributed by atoms with Crippen molar-refractivity contribution in [2.75, 3.05) is 20.1 Å². The van der Waals surface area contributed by atoms with Crippen LogP contribution in [0.1, 0.15) is 12.8 Å². The molecular weight excluding hydrogens is 140 g/mol. The van der Waals surface area contributed by atoms with E-state index in [0.717, 1.165) is 25.9 Å². The highest BCUT2D eigenvalue weighted by Gasteiger charge is 2.48. The number of aliphatic hydroxyl groups is 1. The third-order valence-electron chi connectivity index (χ3n) is 3.27. The van der Waals surface area contributed by atoms with Gasteiger partial charge in [0, 0.05) is 12.1 Å². The Morgan fingerprint density at radius 2 is 2.45 bits per heavy atom. The first kappa shape index (κ1) is 7.53. The molecule has 0 aromatic carbocycles. The average Bonchev–Trinajstić information content (AvgIpc) is 2.43. The van der Waals surface area contributed by atoms with Crippen molar-refractivity contribution in [3.63, 3.8) is 0 Å². The third-order valence-corrected chi connectivity index (χ3v) is 3.27. The quantitative estimate of drug-likeness (QED) is 0.471. The van der Waals surface area contributed by atoms with Crippen LogP contribution < -0.4 is 10.6 Å². The van der Waals surface area contributed by atoms with E-state index in [0.29, 0.717) is 5.92 Å². The number of nitrogens with one attached hydrogen (secondary N) is 2. The summed E-state index contributed by atoms with van der Waals surface area (Å²) >= 11 is 0. The van der Waals surface area contributed by atoms with Gasteiger partial charge in [-0.25, -0.2) is 0 Å². The summed E-state index contributed by atoms with van der Waals surface area (Å²) in [6.07, 6.45) is 1.81. The Labute approximate surface area is 67.2 Å². The number of hydrogen-bond donors (Lipinski definition) is 3. The first-order valence-corrected chi connectivity index (χ1v) is 4.34. The zero-order valence-electron chi connectivity index (χ0n) is 6.93. The molecule has 1 saturated heterocycles. The summed E-state index contributed by atoms with van der Waals surface area (Å²) in [5.41, 5.74) is 0.208. The Hall–Kier alpha value is -0.120. The van der Waals surface area contributed by atoms with E-state index in [1.807, 2.05) is 7.05 Å². The monoisotopic (exact) mass is 156 g/mol. The van der Waals surface area contributed by atoms with Crippen LogP contribution in [0.5, 0.6) is 0 Å². The van der Waals surface area contributed by atoms with Crippen molar-refractivity contribution in [3.8, 4) is 0 Å². The van der Waals surface area contributed by atoms with Crippen LogP contribution in [0.25, 0.3) is 0 Å². The lowest BCUT2D eigenvalue weighted by atomic mass is 9.91. The summed E-state index contributed by atoms with van der Waals surface area (Å²) in [6.45, 7) is 2.09. The Kier molecular flexibility index (Phi) is 1.67. The van der Waals surface area contributed by atoms with E-state index in [4.69, 9.17) is 0 Å². The number of likely N-dealkylation sites (N-methyl/N-ethyl adjacent to an activating group) is 1. The molecule has 11 heavy (non-hydrogen) atoms. The fourth-order valence-corrected chi connectivity index (χ4v) is 2.58. The van der Waals surface area contributed by atoms with Crippen molar-refractivity contribution < 1.29 is 5.11 Å². The predicted octanol–water partition coefficient (Wildman–Crippen LogP) is -0.681. The summed E-state index contributed by atoms with van der Waals surface area (Å²) in [4.78, 5) is 0. The van der Waals surface area contributed by atoms with Gasteiger partial charge in [0.25, 0.3) is 0 Å². The smallest absolute Gasteiger partial charge is 0.0562 e. The minimum atomic E-state index is -0.0745. The zero-order valence-corrected chi connectivity index (χ0v) is 6.93. The fourth-order valence-electron chi connectivity index (χ4n) is 2.58. The van der Waals surface area contributed by atoms with Gasteiger partial charge in [0.1, 0.15) is 0 Å². The van der Waals surface area contributed by atoms with Gasteiger partial charge in [-0.15, -0.1) is 0 Å². The van der Waals surface area contributed by atoms with Crippen LogP contribution in [0.3, 0.4) is 0 Å². The molecule has 3 heteroatoms. The number of fused-ring (bicyclic) bond motifs is 1. The van der Waals surface area contributed by atoms with Crippen molar-refractivity contribution in [2.45, 2.75) is 24.5 Å². The van der Waals surface area contributed by atoms with Gasteiger partial charge in [-0.3, -0.25) is 0 Å². The molecule has 0 bridgehead atoms. The highest BCUT2D eigenvalue weighted by Crippen LogP contribution is 2.37. The molecule has 0 aromatic rings. The van der Waals surface area contributed by atoms with Gasteiger partial charge in [0.2, 0.25) is 0 Å². The maximum Gasteiger partial charge on any atom is 0.0562 e. The Bertz CT molecular complexity index is 162. The van der Waals surface area contributed by atoms with E-state index < -0.39 is 0 Å². The van der Waals surface area contributed by atoms with Crippen molar-refractivity contribution in [1.82, 2.24) is 10.6 Å². The molecule has 3 unspecified atom stereocenters. The number of rotatable bonds is 1. The van der Waals surface area contributed by atoms with Gasteiger partial charge < -0.3 is 15.7 Å². The van der Waals surface area contributed by atoms with E-state index in [1.165, 1.54) is 0 Å². The molecule has 3 nitrogen and oxygen atoms in total. The van der Waals surface area contributed by atoms with E-state index >= 15 is 0 Å². The lowest BCUT2D eigenvalue weighted by molar-refractivity contribution is 0.168. The summed E-state index contributed by atoms with van der Waals surface area (Å²) in [6, 6.07) is 0. The SMILES string of the molecule is CNC12CNCC1CC(O)C2. The Morgan fingerprint density at radius 3 is 3.09 bits per heavy atom. The molecule has 0 aromatic heterocycles. The Morgan fingerprint density at radius 1 is 1.64 bits per heavy atom. The molecular formula is C8H16N2O. The van der Waals surface area contributed by atoms with Crippen LogP contribution >= 0.6 is 0 Å². The highest BCUT2D eigenvalue weighted by molar-refractivity contribution is 5.07. The van der Waals surface area contributed by atoms with Crippen LogP contribution in [0.2, 0.25) is 0 Å². The van der Waals surface area contributed by atoms with Gasteiger partial charge in [0.15, 0.2) is 0 Å². The Balaban J connectivity index is 2.15. The summed E-state index contributed by atoms with van der Waals surface area (Å²) < 4.78 is 0. The first-order chi connectivity index (χ1) is 5.27. The molecule has 0 spiro atoms. The molecule has 1 heterocycles.